The highest BCUT2D eigenvalue weighted by Gasteiger charge is 2.29. The van der Waals surface area contributed by atoms with Crippen LogP contribution in [0.25, 0.3) is 16.5 Å². The molecule has 2 N–H and O–H groups in total. The van der Waals surface area contributed by atoms with E-state index in [-0.39, 0.29) is 5.54 Å². The summed E-state index contributed by atoms with van der Waals surface area (Å²) in [5.74, 6) is -1.16. The Bertz CT molecular complexity index is 1110. The Kier molecular flexibility index (Phi) is 4.93. The molecule has 1 heterocycles. The van der Waals surface area contributed by atoms with Gasteiger partial charge in [0.1, 0.15) is 0 Å². The molecule has 3 aromatic carbocycles. The van der Waals surface area contributed by atoms with E-state index in [0.717, 1.165) is 17.5 Å². The van der Waals surface area contributed by atoms with Crippen molar-refractivity contribution in [2.45, 2.75) is 32.4 Å². The Labute approximate surface area is 170 Å². The van der Waals surface area contributed by atoms with Gasteiger partial charge in [0.25, 0.3) is 5.91 Å². The minimum Gasteiger partial charge on any atom is -0.379 e. The Hall–Kier alpha value is -3.40. The van der Waals surface area contributed by atoms with Crippen molar-refractivity contribution in [2.24, 2.45) is 0 Å². The number of carbonyl (C=O) groups excluding carboxylic acids is 2. The molecule has 0 unspecified atom stereocenters. The van der Waals surface area contributed by atoms with E-state index in [9.17, 15) is 9.59 Å². The van der Waals surface area contributed by atoms with Crippen molar-refractivity contribution in [2.75, 3.05) is 0 Å². The molecule has 4 heteroatoms. The van der Waals surface area contributed by atoms with Gasteiger partial charge in [-0.3, -0.25) is 9.59 Å². The molecule has 4 rings (SSSR count). The zero-order valence-corrected chi connectivity index (χ0v) is 16.7. The molecule has 1 amide bonds. The lowest BCUT2D eigenvalue weighted by Gasteiger charge is -2.36. The molecule has 146 valence electrons. The van der Waals surface area contributed by atoms with Crippen LogP contribution < -0.4 is 10.6 Å². The van der Waals surface area contributed by atoms with Crippen LogP contribution >= 0.6 is 0 Å². The van der Waals surface area contributed by atoms with Gasteiger partial charge >= 0.3 is 0 Å². The first-order valence-electron chi connectivity index (χ1n) is 9.80. The fraction of sp³-hybridized carbons (Fsp3) is 0.200. The SMILES string of the molecule is CC1(C)Cc2c(ccc3ccccc23)/C(=C/C(=O)C(=O)NCc2ccccc2)N1. The van der Waals surface area contributed by atoms with E-state index in [4.69, 9.17) is 0 Å². The van der Waals surface area contributed by atoms with Crippen molar-refractivity contribution < 1.29 is 9.59 Å². The van der Waals surface area contributed by atoms with Gasteiger partial charge in [0, 0.05) is 29.4 Å². The Balaban J connectivity index is 1.62. The van der Waals surface area contributed by atoms with E-state index in [2.05, 4.69) is 42.7 Å². The topological polar surface area (TPSA) is 58.2 Å². The maximum absolute atomic E-state index is 12.6. The molecule has 4 nitrogen and oxygen atoms in total. The number of hydrogen-bond donors (Lipinski definition) is 2. The van der Waals surface area contributed by atoms with Crippen molar-refractivity contribution in [3.63, 3.8) is 0 Å². The van der Waals surface area contributed by atoms with Gasteiger partial charge in [-0.05, 0) is 42.2 Å². The van der Waals surface area contributed by atoms with Gasteiger partial charge < -0.3 is 10.6 Å². The number of carbonyl (C=O) groups is 2. The van der Waals surface area contributed by atoms with E-state index in [1.54, 1.807) is 0 Å². The molecule has 1 aliphatic heterocycles. The van der Waals surface area contributed by atoms with Crippen molar-refractivity contribution in [1.82, 2.24) is 10.6 Å². The average molecular weight is 384 g/mol. The van der Waals surface area contributed by atoms with E-state index in [0.29, 0.717) is 12.2 Å². The first-order valence-corrected chi connectivity index (χ1v) is 9.80. The fourth-order valence-corrected chi connectivity index (χ4v) is 3.87. The van der Waals surface area contributed by atoms with Gasteiger partial charge in [0.15, 0.2) is 0 Å². The number of rotatable bonds is 4. The third-order valence-electron chi connectivity index (χ3n) is 5.22. The first kappa shape index (κ1) is 18.9. The van der Waals surface area contributed by atoms with Gasteiger partial charge in [-0.1, -0.05) is 66.7 Å². The standard InChI is InChI=1S/C25H24N2O2/c1-25(2)15-21-19-11-7-6-10-18(19)12-13-20(21)22(27-25)14-23(28)24(29)26-16-17-8-4-3-5-9-17/h3-14,27H,15-16H2,1-2H3,(H,26,29)/b22-14-. The molecule has 0 aliphatic carbocycles. The summed E-state index contributed by atoms with van der Waals surface area (Å²) in [6.07, 6.45) is 2.27. The maximum atomic E-state index is 12.6. The summed E-state index contributed by atoms with van der Waals surface area (Å²) in [6, 6.07) is 21.9. The largest absolute Gasteiger partial charge is 0.379 e. The van der Waals surface area contributed by atoms with Crippen molar-refractivity contribution in [3.8, 4) is 0 Å². The molecule has 0 aromatic heterocycles. The van der Waals surface area contributed by atoms with Crippen LogP contribution in [0.2, 0.25) is 0 Å². The van der Waals surface area contributed by atoms with Gasteiger partial charge in [-0.2, -0.15) is 0 Å². The molecule has 0 fully saturated rings. The van der Waals surface area contributed by atoms with Crippen LogP contribution in [0.3, 0.4) is 0 Å². The number of nitrogens with one attached hydrogen (secondary N) is 2. The monoisotopic (exact) mass is 384 g/mol. The lowest BCUT2D eigenvalue weighted by atomic mass is 9.83. The summed E-state index contributed by atoms with van der Waals surface area (Å²) in [4.78, 5) is 24.9. The normalized spacial score (nSPS) is 16.1. The van der Waals surface area contributed by atoms with Gasteiger partial charge in [0.2, 0.25) is 5.78 Å². The quantitative estimate of drug-likeness (QED) is 0.528. The molecule has 29 heavy (non-hydrogen) atoms. The predicted molar refractivity (Wildman–Crippen MR) is 116 cm³/mol. The number of fused-ring (bicyclic) bond motifs is 3. The number of amides is 1. The third-order valence-corrected chi connectivity index (χ3v) is 5.22. The molecule has 0 radical (unpaired) electrons. The van der Waals surface area contributed by atoms with E-state index < -0.39 is 11.7 Å². The van der Waals surface area contributed by atoms with E-state index >= 15 is 0 Å². The van der Waals surface area contributed by atoms with Crippen LogP contribution in [-0.4, -0.2) is 17.2 Å². The van der Waals surface area contributed by atoms with Crippen molar-refractivity contribution in [1.29, 1.82) is 0 Å². The average Bonchev–Trinajstić information content (AvgIpc) is 2.72. The summed E-state index contributed by atoms with van der Waals surface area (Å²) in [5, 5.41) is 8.50. The minimum atomic E-state index is -0.603. The number of ketones is 1. The summed E-state index contributed by atoms with van der Waals surface area (Å²) in [5.41, 5.74) is 3.61. The van der Waals surface area contributed by atoms with E-state index in [1.165, 1.54) is 22.4 Å². The highest BCUT2D eigenvalue weighted by molar-refractivity contribution is 6.41. The lowest BCUT2D eigenvalue weighted by molar-refractivity contribution is -0.135. The first-order chi connectivity index (χ1) is 13.9. The van der Waals surface area contributed by atoms with Gasteiger partial charge in [0.05, 0.1) is 0 Å². The molecule has 0 bridgehead atoms. The Morgan fingerprint density at radius 2 is 1.72 bits per heavy atom. The smallest absolute Gasteiger partial charge is 0.292 e. The van der Waals surface area contributed by atoms with Crippen LogP contribution in [0, 0.1) is 0 Å². The number of hydrogen-bond acceptors (Lipinski definition) is 3. The molecule has 3 aromatic rings. The van der Waals surface area contributed by atoms with Crippen LogP contribution in [0.5, 0.6) is 0 Å². The molecular formula is C25H24N2O2. The summed E-state index contributed by atoms with van der Waals surface area (Å²) in [6.45, 7) is 4.53. The molecule has 0 saturated carbocycles. The van der Waals surface area contributed by atoms with Crippen LogP contribution in [0.15, 0.2) is 72.8 Å². The van der Waals surface area contributed by atoms with Crippen molar-refractivity contribution in [3.05, 3.63) is 89.5 Å². The maximum Gasteiger partial charge on any atom is 0.292 e. The second-order valence-corrected chi connectivity index (χ2v) is 8.09. The second kappa shape index (κ2) is 7.55. The molecule has 0 spiro atoms. The summed E-state index contributed by atoms with van der Waals surface area (Å²) < 4.78 is 0. The lowest BCUT2D eigenvalue weighted by Crippen LogP contribution is -2.44. The third kappa shape index (κ3) is 4.06. The van der Waals surface area contributed by atoms with E-state index in [1.807, 2.05) is 48.5 Å². The van der Waals surface area contributed by atoms with Gasteiger partial charge in [-0.25, -0.2) is 0 Å². The molecule has 0 atom stereocenters. The van der Waals surface area contributed by atoms with Crippen molar-refractivity contribution >= 4 is 28.2 Å². The highest BCUT2D eigenvalue weighted by Crippen LogP contribution is 2.34. The van der Waals surface area contributed by atoms with Crippen LogP contribution in [-0.2, 0) is 22.6 Å². The van der Waals surface area contributed by atoms with Crippen LogP contribution in [0.1, 0.15) is 30.5 Å². The number of benzene rings is 3. The van der Waals surface area contributed by atoms with Gasteiger partial charge in [-0.15, -0.1) is 0 Å². The molecular weight excluding hydrogens is 360 g/mol. The zero-order chi connectivity index (χ0) is 20.4. The Morgan fingerprint density at radius 1 is 1.00 bits per heavy atom. The molecule has 1 aliphatic rings. The summed E-state index contributed by atoms with van der Waals surface area (Å²) in [7, 11) is 0. The highest BCUT2D eigenvalue weighted by atomic mass is 16.2. The predicted octanol–water partition coefficient (Wildman–Crippen LogP) is 3.99. The summed E-state index contributed by atoms with van der Waals surface area (Å²) >= 11 is 0. The Morgan fingerprint density at radius 3 is 2.52 bits per heavy atom. The fourth-order valence-electron chi connectivity index (χ4n) is 3.87. The molecule has 0 saturated heterocycles. The zero-order valence-electron chi connectivity index (χ0n) is 16.7. The second-order valence-electron chi connectivity index (χ2n) is 8.09. The minimum absolute atomic E-state index is 0.218. The van der Waals surface area contributed by atoms with Crippen LogP contribution in [0.4, 0.5) is 0 Å².